The van der Waals surface area contributed by atoms with Crippen LogP contribution in [-0.2, 0) is 19.1 Å². The standard InChI is InChI=1S/C26H30N2O6/c29-24(28-13-5-6-18(28)16-25(30)31)11-14-33-15-12-27-26(32)34-17-23-21-9-3-1-7-19(21)20-8-2-4-10-22(20)23/h1-4,7-10,18,23H,5-6,11-17H2,(H,27,32)(H,30,31)/t18-/m0/s1. The van der Waals surface area contributed by atoms with E-state index in [1.54, 1.807) is 4.90 Å². The molecule has 1 heterocycles. The third kappa shape index (κ3) is 5.56. The molecule has 0 saturated carbocycles. The van der Waals surface area contributed by atoms with Crippen LogP contribution in [0.5, 0.6) is 0 Å². The molecule has 1 aliphatic heterocycles. The van der Waals surface area contributed by atoms with Gasteiger partial charge in [0.05, 0.1) is 26.1 Å². The fraction of sp³-hybridized carbons (Fsp3) is 0.423. The molecule has 180 valence electrons. The summed E-state index contributed by atoms with van der Waals surface area (Å²) in [5.74, 6) is -0.968. The highest BCUT2D eigenvalue weighted by Gasteiger charge is 2.30. The van der Waals surface area contributed by atoms with E-state index in [1.165, 1.54) is 11.1 Å². The Morgan fingerprint density at radius 3 is 2.35 bits per heavy atom. The molecule has 0 aromatic heterocycles. The number of likely N-dealkylation sites (tertiary alicyclic amines) is 1. The van der Waals surface area contributed by atoms with E-state index in [2.05, 4.69) is 29.6 Å². The molecule has 2 aromatic rings. The van der Waals surface area contributed by atoms with Crippen LogP contribution in [0.3, 0.4) is 0 Å². The summed E-state index contributed by atoms with van der Waals surface area (Å²) < 4.78 is 10.9. The Labute approximate surface area is 198 Å². The van der Waals surface area contributed by atoms with Crippen LogP contribution < -0.4 is 5.32 Å². The number of hydrogen-bond acceptors (Lipinski definition) is 5. The van der Waals surface area contributed by atoms with E-state index in [0.29, 0.717) is 6.54 Å². The molecule has 1 atom stereocenters. The van der Waals surface area contributed by atoms with Crippen LogP contribution in [0.15, 0.2) is 48.5 Å². The average molecular weight is 467 g/mol. The molecule has 4 rings (SSSR count). The van der Waals surface area contributed by atoms with Crippen molar-refractivity contribution < 1.29 is 29.0 Å². The molecule has 8 nitrogen and oxygen atoms in total. The second kappa shape index (κ2) is 11.2. The second-order valence-corrected chi connectivity index (χ2v) is 8.60. The van der Waals surface area contributed by atoms with Gasteiger partial charge in [0.25, 0.3) is 0 Å². The summed E-state index contributed by atoms with van der Waals surface area (Å²) in [5, 5.41) is 11.7. The topological polar surface area (TPSA) is 105 Å². The molecule has 34 heavy (non-hydrogen) atoms. The summed E-state index contributed by atoms with van der Waals surface area (Å²) in [6.45, 7) is 1.61. The first-order valence-corrected chi connectivity index (χ1v) is 11.7. The highest BCUT2D eigenvalue weighted by molar-refractivity contribution is 5.79. The van der Waals surface area contributed by atoms with Gasteiger partial charge in [0, 0.05) is 25.0 Å². The van der Waals surface area contributed by atoms with Crippen molar-refractivity contribution in [2.75, 3.05) is 32.9 Å². The van der Waals surface area contributed by atoms with Gasteiger partial charge in [-0.3, -0.25) is 9.59 Å². The van der Waals surface area contributed by atoms with E-state index in [1.807, 2.05) is 24.3 Å². The lowest BCUT2D eigenvalue weighted by atomic mass is 9.98. The zero-order valence-electron chi connectivity index (χ0n) is 19.1. The Morgan fingerprint density at radius 1 is 1.00 bits per heavy atom. The van der Waals surface area contributed by atoms with Crippen molar-refractivity contribution in [3.63, 3.8) is 0 Å². The Morgan fingerprint density at radius 2 is 1.68 bits per heavy atom. The van der Waals surface area contributed by atoms with Crippen molar-refractivity contribution in [1.29, 1.82) is 0 Å². The van der Waals surface area contributed by atoms with E-state index in [4.69, 9.17) is 14.6 Å². The van der Waals surface area contributed by atoms with E-state index in [9.17, 15) is 14.4 Å². The molecule has 1 saturated heterocycles. The number of ether oxygens (including phenoxy) is 2. The fourth-order valence-corrected chi connectivity index (χ4v) is 4.86. The van der Waals surface area contributed by atoms with E-state index >= 15 is 0 Å². The molecule has 1 fully saturated rings. The number of aliphatic carboxylic acids is 1. The quantitative estimate of drug-likeness (QED) is 0.520. The summed E-state index contributed by atoms with van der Waals surface area (Å²) in [5.41, 5.74) is 4.68. The lowest BCUT2D eigenvalue weighted by molar-refractivity contribution is -0.140. The first-order valence-electron chi connectivity index (χ1n) is 11.7. The number of nitrogens with zero attached hydrogens (tertiary/aromatic N) is 1. The SMILES string of the molecule is O=C(O)C[C@@H]1CCCN1C(=O)CCOCCNC(=O)OCC1c2ccccc2-c2ccccc21. The van der Waals surface area contributed by atoms with Gasteiger partial charge in [-0.2, -0.15) is 0 Å². The zero-order chi connectivity index (χ0) is 23.9. The van der Waals surface area contributed by atoms with Crippen LogP contribution in [0.2, 0.25) is 0 Å². The number of alkyl carbamates (subject to hydrolysis) is 1. The minimum Gasteiger partial charge on any atom is -0.481 e. The van der Waals surface area contributed by atoms with Gasteiger partial charge < -0.3 is 24.8 Å². The van der Waals surface area contributed by atoms with Crippen molar-refractivity contribution in [3.05, 3.63) is 59.7 Å². The number of hydrogen-bond donors (Lipinski definition) is 2. The van der Waals surface area contributed by atoms with Crippen molar-refractivity contribution in [2.45, 2.75) is 37.6 Å². The fourth-order valence-electron chi connectivity index (χ4n) is 4.86. The molecule has 0 radical (unpaired) electrons. The van der Waals surface area contributed by atoms with Crippen molar-refractivity contribution in [1.82, 2.24) is 10.2 Å². The van der Waals surface area contributed by atoms with Crippen LogP contribution in [-0.4, -0.2) is 66.9 Å². The number of amides is 2. The largest absolute Gasteiger partial charge is 0.481 e. The van der Waals surface area contributed by atoms with Crippen LogP contribution in [0.25, 0.3) is 11.1 Å². The smallest absolute Gasteiger partial charge is 0.407 e. The number of rotatable bonds is 10. The highest BCUT2D eigenvalue weighted by atomic mass is 16.5. The summed E-state index contributed by atoms with van der Waals surface area (Å²) in [4.78, 5) is 37.1. The lowest BCUT2D eigenvalue weighted by Crippen LogP contribution is -2.37. The first-order chi connectivity index (χ1) is 16.5. The van der Waals surface area contributed by atoms with Gasteiger partial charge in [0.2, 0.25) is 5.91 Å². The molecule has 2 aromatic carbocycles. The molecule has 0 unspecified atom stereocenters. The van der Waals surface area contributed by atoms with Gasteiger partial charge in [-0.1, -0.05) is 48.5 Å². The monoisotopic (exact) mass is 466 g/mol. The maximum absolute atomic E-state index is 12.3. The van der Waals surface area contributed by atoms with Gasteiger partial charge >= 0.3 is 12.1 Å². The minimum absolute atomic E-state index is 0.0101. The molecule has 0 spiro atoms. The second-order valence-electron chi connectivity index (χ2n) is 8.60. The van der Waals surface area contributed by atoms with E-state index in [-0.39, 0.29) is 57.1 Å². The molecule has 8 heteroatoms. The lowest BCUT2D eigenvalue weighted by Gasteiger charge is -2.23. The number of carboxylic acids is 1. The molecular weight excluding hydrogens is 436 g/mol. The third-order valence-corrected chi connectivity index (χ3v) is 6.43. The van der Waals surface area contributed by atoms with E-state index < -0.39 is 12.1 Å². The summed E-state index contributed by atoms with van der Waals surface area (Å²) >= 11 is 0. The molecule has 1 aliphatic carbocycles. The predicted octanol–water partition coefficient (Wildman–Crippen LogP) is 3.40. The van der Waals surface area contributed by atoms with Crippen molar-refractivity contribution in [2.24, 2.45) is 0 Å². The van der Waals surface area contributed by atoms with Crippen LogP contribution in [0, 0.1) is 0 Å². The third-order valence-electron chi connectivity index (χ3n) is 6.43. The van der Waals surface area contributed by atoms with Crippen LogP contribution in [0.4, 0.5) is 4.79 Å². The molecular formula is C26H30N2O6. The average Bonchev–Trinajstić information content (AvgIpc) is 3.42. The number of benzene rings is 2. The Bertz CT molecular complexity index is 994. The zero-order valence-corrected chi connectivity index (χ0v) is 19.1. The summed E-state index contributed by atoms with van der Waals surface area (Å²) in [6, 6.07) is 16.1. The van der Waals surface area contributed by atoms with Crippen LogP contribution >= 0.6 is 0 Å². The van der Waals surface area contributed by atoms with E-state index in [0.717, 1.165) is 24.0 Å². The first kappa shape index (κ1) is 23.8. The summed E-state index contributed by atoms with van der Waals surface area (Å²) in [7, 11) is 0. The van der Waals surface area contributed by atoms with Crippen LogP contribution in [0.1, 0.15) is 42.7 Å². The highest BCUT2D eigenvalue weighted by Crippen LogP contribution is 2.44. The maximum atomic E-state index is 12.3. The van der Waals surface area contributed by atoms with Gasteiger partial charge in [0.15, 0.2) is 0 Å². The van der Waals surface area contributed by atoms with Gasteiger partial charge in [-0.15, -0.1) is 0 Å². The normalized spacial score (nSPS) is 16.7. The summed E-state index contributed by atoms with van der Waals surface area (Å²) in [6.07, 6.45) is 1.23. The molecule has 0 bridgehead atoms. The number of carboxylic acid groups (broad SMARTS) is 1. The minimum atomic E-state index is -0.889. The maximum Gasteiger partial charge on any atom is 0.407 e. The predicted molar refractivity (Wildman–Crippen MR) is 125 cm³/mol. The van der Waals surface area contributed by atoms with Crippen molar-refractivity contribution in [3.8, 4) is 11.1 Å². The Kier molecular flexibility index (Phi) is 7.80. The number of carbonyl (C=O) groups is 3. The number of fused-ring (bicyclic) bond motifs is 3. The van der Waals surface area contributed by atoms with Crippen molar-refractivity contribution >= 4 is 18.0 Å². The van der Waals surface area contributed by atoms with Gasteiger partial charge in [0.1, 0.15) is 6.61 Å². The Hall–Kier alpha value is -3.39. The number of nitrogens with one attached hydrogen (secondary N) is 1. The van der Waals surface area contributed by atoms with Gasteiger partial charge in [-0.25, -0.2) is 4.79 Å². The molecule has 2 N–H and O–H groups in total. The Balaban J connectivity index is 1.14. The molecule has 2 aliphatic rings. The molecule has 2 amide bonds. The number of carbonyl (C=O) groups excluding carboxylic acids is 2. The van der Waals surface area contributed by atoms with Gasteiger partial charge in [-0.05, 0) is 35.1 Å².